The Morgan fingerprint density at radius 1 is 0.862 bits per heavy atom. The van der Waals surface area contributed by atoms with Crippen molar-refractivity contribution in [3.8, 4) is 17.2 Å². The highest BCUT2D eigenvalue weighted by molar-refractivity contribution is 6.12. The number of aliphatic hydroxyl groups excluding tert-OH is 1. The third-order valence-electron chi connectivity index (χ3n) is 6.35. The first-order valence-electron chi connectivity index (χ1n) is 9.70. The molecule has 6 nitrogen and oxygen atoms in total. The van der Waals surface area contributed by atoms with E-state index in [-0.39, 0.29) is 18.4 Å². The molecule has 0 radical (unpaired) electrons. The number of hydrogen-bond acceptors (Lipinski definition) is 5. The second-order valence-electron chi connectivity index (χ2n) is 7.69. The average Bonchev–Trinajstić information content (AvgIpc) is 3.04. The van der Waals surface area contributed by atoms with Gasteiger partial charge in [-0.05, 0) is 63.4 Å². The molecule has 0 aliphatic carbocycles. The Morgan fingerprint density at radius 2 is 1.55 bits per heavy atom. The van der Waals surface area contributed by atoms with E-state index in [0.717, 1.165) is 38.4 Å². The summed E-state index contributed by atoms with van der Waals surface area (Å²) in [7, 11) is 4.91. The monoisotopic (exact) mass is 393 g/mol. The number of carbonyl (C=O) groups is 1. The predicted octanol–water partition coefficient (Wildman–Crippen LogP) is 3.04. The zero-order valence-electron chi connectivity index (χ0n) is 16.7. The van der Waals surface area contributed by atoms with Crippen LogP contribution in [0.4, 0.5) is 0 Å². The summed E-state index contributed by atoms with van der Waals surface area (Å²) in [6.45, 7) is 0.503. The number of rotatable bonds is 3. The van der Waals surface area contributed by atoms with Gasteiger partial charge in [-0.15, -0.1) is 0 Å². The highest BCUT2D eigenvalue weighted by Crippen LogP contribution is 2.44. The number of amides is 1. The van der Waals surface area contributed by atoms with Crippen LogP contribution >= 0.6 is 0 Å². The van der Waals surface area contributed by atoms with Gasteiger partial charge in [0.25, 0.3) is 0 Å². The van der Waals surface area contributed by atoms with E-state index >= 15 is 0 Å². The molecule has 150 valence electrons. The maximum atomic E-state index is 12.4. The fourth-order valence-corrected chi connectivity index (χ4v) is 4.88. The van der Waals surface area contributed by atoms with Gasteiger partial charge in [0.05, 0.1) is 39.9 Å². The first-order chi connectivity index (χ1) is 14.0. The lowest BCUT2D eigenvalue weighted by Crippen LogP contribution is -2.42. The summed E-state index contributed by atoms with van der Waals surface area (Å²) < 4.78 is 16.6. The van der Waals surface area contributed by atoms with Gasteiger partial charge in [0, 0.05) is 6.54 Å². The standard InChI is InChI=1S/C23H23NO5/c1-27-12-4-5-13-14(6-12)16-8-21(28-2)22(29-3)9-17(16)15-7-19-20(25)10-23(26)24(19)11-18(13)15/h4-6,8-9,19-20,25H,7,10-11H2,1-3H3/t19-,20?/m0/s1. The minimum atomic E-state index is -0.627. The van der Waals surface area contributed by atoms with Gasteiger partial charge in [0.2, 0.25) is 5.91 Å². The quantitative estimate of drug-likeness (QED) is 0.693. The molecule has 2 heterocycles. The van der Waals surface area contributed by atoms with E-state index in [4.69, 9.17) is 14.2 Å². The molecule has 1 unspecified atom stereocenters. The minimum absolute atomic E-state index is 0.0159. The largest absolute Gasteiger partial charge is 0.497 e. The van der Waals surface area contributed by atoms with Crippen molar-refractivity contribution in [2.75, 3.05) is 21.3 Å². The van der Waals surface area contributed by atoms with Crippen molar-refractivity contribution >= 4 is 27.5 Å². The van der Waals surface area contributed by atoms with Gasteiger partial charge in [-0.25, -0.2) is 0 Å². The lowest BCUT2D eigenvalue weighted by Gasteiger charge is -2.34. The Kier molecular flexibility index (Phi) is 4.06. The first-order valence-corrected chi connectivity index (χ1v) is 9.70. The molecule has 1 amide bonds. The maximum Gasteiger partial charge on any atom is 0.225 e. The molecule has 2 atom stereocenters. The van der Waals surface area contributed by atoms with Crippen LogP contribution in [0.3, 0.4) is 0 Å². The highest BCUT2D eigenvalue weighted by atomic mass is 16.5. The van der Waals surface area contributed by atoms with Crippen LogP contribution in [0.1, 0.15) is 17.5 Å². The number of aliphatic hydroxyl groups is 1. The van der Waals surface area contributed by atoms with Gasteiger partial charge in [-0.2, -0.15) is 0 Å². The summed E-state index contributed by atoms with van der Waals surface area (Å²) in [5.41, 5.74) is 2.29. The van der Waals surface area contributed by atoms with Crippen molar-refractivity contribution in [1.82, 2.24) is 4.90 Å². The van der Waals surface area contributed by atoms with Crippen molar-refractivity contribution in [3.63, 3.8) is 0 Å². The van der Waals surface area contributed by atoms with E-state index in [1.54, 1.807) is 21.3 Å². The van der Waals surface area contributed by atoms with Crippen LogP contribution in [0, 0.1) is 0 Å². The summed E-state index contributed by atoms with van der Waals surface area (Å²) in [6, 6.07) is 9.85. The molecule has 2 aliphatic rings. The average molecular weight is 393 g/mol. The molecule has 0 saturated carbocycles. The molecule has 5 rings (SSSR count). The van der Waals surface area contributed by atoms with Crippen LogP contribution < -0.4 is 14.2 Å². The van der Waals surface area contributed by atoms with Crippen molar-refractivity contribution < 1.29 is 24.1 Å². The molecule has 1 saturated heterocycles. The summed E-state index contributed by atoms with van der Waals surface area (Å²) in [5, 5.41) is 14.7. The smallest absolute Gasteiger partial charge is 0.225 e. The van der Waals surface area contributed by atoms with Gasteiger partial charge >= 0.3 is 0 Å². The second-order valence-corrected chi connectivity index (χ2v) is 7.69. The number of ether oxygens (including phenoxy) is 3. The number of hydrogen-bond donors (Lipinski definition) is 1. The Morgan fingerprint density at radius 3 is 2.24 bits per heavy atom. The number of fused-ring (bicyclic) bond motifs is 7. The Labute approximate surface area is 168 Å². The molecule has 0 aromatic heterocycles. The van der Waals surface area contributed by atoms with Crippen LogP contribution in [-0.2, 0) is 17.8 Å². The third-order valence-corrected chi connectivity index (χ3v) is 6.35. The van der Waals surface area contributed by atoms with Crippen LogP contribution in [0.25, 0.3) is 21.5 Å². The molecular weight excluding hydrogens is 370 g/mol. The number of benzene rings is 3. The topological polar surface area (TPSA) is 68.2 Å². The summed E-state index contributed by atoms with van der Waals surface area (Å²) in [6.07, 6.45) is 0.188. The van der Waals surface area contributed by atoms with E-state index in [2.05, 4.69) is 6.07 Å². The van der Waals surface area contributed by atoms with E-state index in [9.17, 15) is 9.90 Å². The van der Waals surface area contributed by atoms with E-state index in [1.807, 2.05) is 29.2 Å². The molecule has 6 heteroatoms. The van der Waals surface area contributed by atoms with Gasteiger partial charge < -0.3 is 24.2 Å². The lowest BCUT2D eigenvalue weighted by atomic mass is 9.84. The molecule has 0 spiro atoms. The van der Waals surface area contributed by atoms with E-state index in [0.29, 0.717) is 24.5 Å². The molecule has 29 heavy (non-hydrogen) atoms. The minimum Gasteiger partial charge on any atom is -0.497 e. The highest BCUT2D eigenvalue weighted by Gasteiger charge is 2.42. The van der Waals surface area contributed by atoms with Gasteiger partial charge in [0.1, 0.15) is 5.75 Å². The number of nitrogens with zero attached hydrogens (tertiary/aromatic N) is 1. The first kappa shape index (κ1) is 18.1. The third kappa shape index (κ3) is 2.55. The van der Waals surface area contributed by atoms with E-state index in [1.165, 1.54) is 0 Å². The SMILES string of the molecule is COc1ccc2c3c(c4cc(OC)c(OC)cc4c2c1)C[C@H]1C(O)CC(=O)N1C3. The Hall–Kier alpha value is -2.99. The molecular formula is C23H23NO5. The predicted molar refractivity (Wildman–Crippen MR) is 110 cm³/mol. The second kappa shape index (κ2) is 6.52. The normalized spacial score (nSPS) is 20.7. The maximum absolute atomic E-state index is 12.4. The molecule has 0 bridgehead atoms. The van der Waals surface area contributed by atoms with Crippen molar-refractivity contribution in [3.05, 3.63) is 41.5 Å². The van der Waals surface area contributed by atoms with Crippen LogP contribution in [0.15, 0.2) is 30.3 Å². The van der Waals surface area contributed by atoms with Gasteiger partial charge in [0.15, 0.2) is 11.5 Å². The molecule has 1 fully saturated rings. The summed E-state index contributed by atoms with van der Waals surface area (Å²) in [4.78, 5) is 14.2. The summed E-state index contributed by atoms with van der Waals surface area (Å²) in [5.74, 6) is 2.12. The Balaban J connectivity index is 1.87. The molecule has 1 N–H and O–H groups in total. The van der Waals surface area contributed by atoms with E-state index < -0.39 is 6.10 Å². The Bertz CT molecular complexity index is 1160. The molecule has 2 aliphatic heterocycles. The fraction of sp³-hybridized carbons (Fsp3) is 0.348. The lowest BCUT2D eigenvalue weighted by molar-refractivity contribution is -0.129. The molecule has 3 aromatic carbocycles. The van der Waals surface area contributed by atoms with Gasteiger partial charge in [-0.1, -0.05) is 6.07 Å². The van der Waals surface area contributed by atoms with Crippen LogP contribution in [-0.4, -0.2) is 49.4 Å². The molecule has 3 aromatic rings. The van der Waals surface area contributed by atoms with Crippen molar-refractivity contribution in [2.45, 2.75) is 31.5 Å². The van der Waals surface area contributed by atoms with Crippen LogP contribution in [0.5, 0.6) is 17.2 Å². The van der Waals surface area contributed by atoms with Crippen molar-refractivity contribution in [1.29, 1.82) is 0 Å². The fourth-order valence-electron chi connectivity index (χ4n) is 4.88. The van der Waals surface area contributed by atoms with Gasteiger partial charge in [-0.3, -0.25) is 4.79 Å². The summed E-state index contributed by atoms with van der Waals surface area (Å²) >= 11 is 0. The van der Waals surface area contributed by atoms with Crippen LogP contribution in [0.2, 0.25) is 0 Å². The zero-order chi connectivity index (χ0) is 20.3. The number of carbonyl (C=O) groups excluding carboxylic acids is 1. The zero-order valence-corrected chi connectivity index (χ0v) is 16.7. The van der Waals surface area contributed by atoms with Crippen molar-refractivity contribution in [2.24, 2.45) is 0 Å². The number of methoxy groups -OCH3 is 3.